The van der Waals surface area contributed by atoms with Crippen LogP contribution in [0.2, 0.25) is 0 Å². The number of rotatable bonds is 7. The molecular weight excluding hydrogens is 382 g/mol. The number of piperazine rings is 1. The third-order valence-corrected chi connectivity index (χ3v) is 5.50. The fourth-order valence-corrected chi connectivity index (χ4v) is 3.74. The van der Waals surface area contributed by atoms with Crippen LogP contribution >= 0.6 is 0 Å². The standard InChI is InChI=1S/C23H29N3O4/c1-24(16-19-10-7-11-20(29-2)22(19)30-3)21(27)17-25-12-14-26(15-13-25)23(28)18-8-5-4-6-9-18/h4-11H,12-17H2,1-3H3/p+1. The Kier molecular flexibility index (Phi) is 7.30. The number of quaternary nitrogens is 1. The van der Waals surface area contributed by atoms with Gasteiger partial charge in [-0.05, 0) is 18.2 Å². The van der Waals surface area contributed by atoms with Crippen LogP contribution in [0.25, 0.3) is 0 Å². The van der Waals surface area contributed by atoms with Gasteiger partial charge in [0.15, 0.2) is 18.0 Å². The van der Waals surface area contributed by atoms with Gasteiger partial charge in [-0.15, -0.1) is 0 Å². The normalized spacial score (nSPS) is 14.3. The first-order valence-corrected chi connectivity index (χ1v) is 10.1. The number of ether oxygens (including phenoxy) is 2. The highest BCUT2D eigenvalue weighted by Gasteiger charge is 2.27. The Bertz CT molecular complexity index is 864. The summed E-state index contributed by atoms with van der Waals surface area (Å²) in [4.78, 5) is 30.1. The van der Waals surface area contributed by atoms with E-state index in [0.717, 1.165) is 18.7 Å². The molecule has 0 radical (unpaired) electrons. The van der Waals surface area contributed by atoms with Crippen molar-refractivity contribution in [2.75, 3.05) is 54.0 Å². The summed E-state index contributed by atoms with van der Waals surface area (Å²) in [6.07, 6.45) is 0. The highest BCUT2D eigenvalue weighted by molar-refractivity contribution is 5.94. The summed E-state index contributed by atoms with van der Waals surface area (Å²) >= 11 is 0. The van der Waals surface area contributed by atoms with Crippen molar-refractivity contribution in [2.24, 2.45) is 0 Å². The molecule has 0 aliphatic carbocycles. The van der Waals surface area contributed by atoms with E-state index < -0.39 is 0 Å². The first-order chi connectivity index (χ1) is 14.5. The molecule has 1 N–H and O–H groups in total. The molecule has 7 nitrogen and oxygen atoms in total. The molecule has 0 atom stereocenters. The highest BCUT2D eigenvalue weighted by atomic mass is 16.5. The fraction of sp³-hybridized carbons (Fsp3) is 0.391. The molecule has 0 saturated carbocycles. The highest BCUT2D eigenvalue weighted by Crippen LogP contribution is 2.31. The lowest BCUT2D eigenvalue weighted by molar-refractivity contribution is -0.896. The van der Waals surface area contributed by atoms with E-state index in [4.69, 9.17) is 9.47 Å². The number of hydrogen-bond donors (Lipinski definition) is 1. The molecule has 0 aromatic heterocycles. The van der Waals surface area contributed by atoms with Crippen LogP contribution in [0.5, 0.6) is 11.5 Å². The smallest absolute Gasteiger partial charge is 0.277 e. The fourth-order valence-electron chi connectivity index (χ4n) is 3.74. The van der Waals surface area contributed by atoms with Gasteiger partial charge in [0, 0.05) is 24.7 Å². The van der Waals surface area contributed by atoms with E-state index in [1.807, 2.05) is 53.4 Å². The summed E-state index contributed by atoms with van der Waals surface area (Å²) in [7, 11) is 5.00. The second kappa shape index (κ2) is 10.1. The van der Waals surface area contributed by atoms with Gasteiger partial charge in [0.1, 0.15) is 0 Å². The first kappa shape index (κ1) is 21.6. The Hall–Kier alpha value is -3.06. The molecule has 1 fully saturated rings. The first-order valence-electron chi connectivity index (χ1n) is 10.1. The van der Waals surface area contributed by atoms with Crippen molar-refractivity contribution in [3.63, 3.8) is 0 Å². The molecular formula is C23H30N3O4+. The number of nitrogens with zero attached hydrogens (tertiary/aromatic N) is 2. The van der Waals surface area contributed by atoms with Crippen molar-refractivity contribution in [1.29, 1.82) is 0 Å². The number of nitrogens with one attached hydrogen (secondary N) is 1. The molecule has 1 saturated heterocycles. The van der Waals surface area contributed by atoms with Gasteiger partial charge in [-0.1, -0.05) is 30.3 Å². The SMILES string of the molecule is COc1cccc(CN(C)C(=O)C[NH+]2CCN(C(=O)c3ccccc3)CC2)c1OC. The molecule has 3 rings (SSSR count). The summed E-state index contributed by atoms with van der Waals surface area (Å²) in [6.45, 7) is 3.70. The van der Waals surface area contributed by atoms with Gasteiger partial charge >= 0.3 is 0 Å². The van der Waals surface area contributed by atoms with Gasteiger partial charge in [0.05, 0.1) is 40.4 Å². The van der Waals surface area contributed by atoms with Gasteiger partial charge in [0.2, 0.25) is 0 Å². The zero-order valence-corrected chi connectivity index (χ0v) is 17.9. The minimum Gasteiger partial charge on any atom is -0.493 e. The summed E-state index contributed by atoms with van der Waals surface area (Å²) in [6, 6.07) is 15.0. The van der Waals surface area contributed by atoms with Crippen LogP contribution in [-0.4, -0.2) is 75.6 Å². The van der Waals surface area contributed by atoms with Crippen LogP contribution in [-0.2, 0) is 11.3 Å². The third kappa shape index (κ3) is 5.10. The van der Waals surface area contributed by atoms with E-state index in [1.54, 1.807) is 26.2 Å². The predicted octanol–water partition coefficient (Wildman–Crippen LogP) is 0.703. The number of benzene rings is 2. The van der Waals surface area contributed by atoms with E-state index in [-0.39, 0.29) is 11.8 Å². The second-order valence-corrected chi connectivity index (χ2v) is 7.49. The molecule has 1 heterocycles. The van der Waals surface area contributed by atoms with Gasteiger partial charge in [-0.3, -0.25) is 9.59 Å². The summed E-state index contributed by atoms with van der Waals surface area (Å²) in [5, 5.41) is 0. The number of carbonyl (C=O) groups excluding carboxylic acids is 2. The lowest BCUT2D eigenvalue weighted by Crippen LogP contribution is -3.15. The maximum absolute atomic E-state index is 12.8. The zero-order chi connectivity index (χ0) is 21.5. The van der Waals surface area contributed by atoms with Gasteiger partial charge in [-0.2, -0.15) is 0 Å². The van der Waals surface area contributed by atoms with E-state index >= 15 is 0 Å². The number of hydrogen-bond acceptors (Lipinski definition) is 4. The maximum Gasteiger partial charge on any atom is 0.277 e. The average Bonchev–Trinajstić information content (AvgIpc) is 2.79. The average molecular weight is 413 g/mol. The number of likely N-dealkylation sites (N-methyl/N-ethyl adjacent to an activating group) is 1. The lowest BCUT2D eigenvalue weighted by Gasteiger charge is -2.32. The van der Waals surface area contributed by atoms with E-state index in [1.165, 1.54) is 4.90 Å². The van der Waals surface area contributed by atoms with E-state index in [0.29, 0.717) is 43.2 Å². The Morgan fingerprint density at radius 2 is 1.70 bits per heavy atom. The Labute approximate surface area is 177 Å². The minimum absolute atomic E-state index is 0.0585. The van der Waals surface area contributed by atoms with Crippen molar-refractivity contribution in [1.82, 2.24) is 9.80 Å². The van der Waals surface area contributed by atoms with Crippen LogP contribution in [0.3, 0.4) is 0 Å². The predicted molar refractivity (Wildman–Crippen MR) is 114 cm³/mol. The molecule has 0 bridgehead atoms. The molecule has 0 unspecified atom stereocenters. The van der Waals surface area contributed by atoms with Gasteiger partial charge in [0.25, 0.3) is 11.8 Å². The van der Waals surface area contributed by atoms with Crippen LogP contribution in [0.4, 0.5) is 0 Å². The molecule has 2 amide bonds. The molecule has 2 aromatic carbocycles. The van der Waals surface area contributed by atoms with Crippen LogP contribution in [0.15, 0.2) is 48.5 Å². The van der Waals surface area contributed by atoms with E-state index in [9.17, 15) is 9.59 Å². The van der Waals surface area contributed by atoms with E-state index in [2.05, 4.69) is 0 Å². The number of para-hydroxylation sites is 1. The summed E-state index contributed by atoms with van der Waals surface area (Å²) in [5.74, 6) is 1.43. The van der Waals surface area contributed by atoms with Crippen LogP contribution < -0.4 is 14.4 Å². The monoisotopic (exact) mass is 412 g/mol. The largest absolute Gasteiger partial charge is 0.493 e. The maximum atomic E-state index is 12.8. The lowest BCUT2D eigenvalue weighted by atomic mass is 10.1. The molecule has 1 aliphatic rings. The summed E-state index contributed by atoms with van der Waals surface area (Å²) in [5.41, 5.74) is 1.62. The Morgan fingerprint density at radius 3 is 2.33 bits per heavy atom. The van der Waals surface area contributed by atoms with Crippen molar-refractivity contribution in [3.05, 3.63) is 59.7 Å². The topological polar surface area (TPSA) is 63.5 Å². The molecule has 0 spiro atoms. The number of methoxy groups -OCH3 is 2. The third-order valence-electron chi connectivity index (χ3n) is 5.50. The molecule has 160 valence electrons. The molecule has 1 aliphatic heterocycles. The van der Waals surface area contributed by atoms with Crippen molar-refractivity contribution in [3.8, 4) is 11.5 Å². The molecule has 2 aromatic rings. The van der Waals surface area contributed by atoms with Crippen molar-refractivity contribution in [2.45, 2.75) is 6.54 Å². The van der Waals surface area contributed by atoms with Crippen molar-refractivity contribution >= 4 is 11.8 Å². The number of amides is 2. The Balaban J connectivity index is 1.52. The molecule has 7 heteroatoms. The quantitative estimate of drug-likeness (QED) is 0.727. The second-order valence-electron chi connectivity index (χ2n) is 7.49. The summed E-state index contributed by atoms with van der Waals surface area (Å²) < 4.78 is 10.8. The zero-order valence-electron chi connectivity index (χ0n) is 17.9. The Morgan fingerprint density at radius 1 is 1.00 bits per heavy atom. The molecule has 30 heavy (non-hydrogen) atoms. The van der Waals surface area contributed by atoms with Crippen LogP contribution in [0.1, 0.15) is 15.9 Å². The van der Waals surface area contributed by atoms with Gasteiger partial charge < -0.3 is 24.2 Å². The van der Waals surface area contributed by atoms with Crippen LogP contribution in [0, 0.1) is 0 Å². The number of carbonyl (C=O) groups is 2. The van der Waals surface area contributed by atoms with Crippen molar-refractivity contribution < 1.29 is 24.0 Å². The minimum atomic E-state index is 0.0585. The van der Waals surface area contributed by atoms with Gasteiger partial charge in [-0.25, -0.2) is 0 Å².